The molecule has 0 atom stereocenters. The average Bonchev–Trinajstić information content (AvgIpc) is 3.24. The number of pyridine rings is 2. The molecule has 0 unspecified atom stereocenters. The van der Waals surface area contributed by atoms with Gasteiger partial charge in [-0.15, -0.1) is 0 Å². The Balaban J connectivity index is 1.64. The van der Waals surface area contributed by atoms with Crippen LogP contribution in [0.4, 0.5) is 0 Å². The maximum atomic E-state index is 6.52. The minimum atomic E-state index is 0.124. The number of aromatic nitrogens is 2. The van der Waals surface area contributed by atoms with Gasteiger partial charge in [0.1, 0.15) is 0 Å². The van der Waals surface area contributed by atoms with E-state index < -0.39 is 0 Å². The number of aryl methyl sites for hydroxylation is 1. The Hall–Kier alpha value is -3.72. The molecule has 2 aromatic carbocycles. The number of nitrogens with zero attached hydrogens (tertiary/aromatic N) is 2. The minimum absolute atomic E-state index is 0.124. The van der Waals surface area contributed by atoms with Crippen molar-refractivity contribution in [1.29, 1.82) is 0 Å². The van der Waals surface area contributed by atoms with Gasteiger partial charge in [-0.1, -0.05) is 70.5 Å². The first-order valence-electron chi connectivity index (χ1n) is 12.9. The topological polar surface area (TPSA) is 29.9 Å². The third-order valence-electron chi connectivity index (χ3n) is 7.04. The lowest BCUT2D eigenvalue weighted by atomic mass is 9.86. The fourth-order valence-corrected chi connectivity index (χ4v) is 4.86. The fourth-order valence-electron chi connectivity index (χ4n) is 4.86. The molecule has 0 fully saturated rings. The van der Waals surface area contributed by atoms with Gasteiger partial charge in [0.25, 0.3) is 0 Å². The van der Waals surface area contributed by atoms with E-state index >= 15 is 0 Å². The molecule has 3 heteroatoms. The van der Waals surface area contributed by atoms with Gasteiger partial charge in [0.2, 0.25) is 11.4 Å². The van der Waals surface area contributed by atoms with Crippen molar-refractivity contribution in [2.45, 2.75) is 59.3 Å². The zero-order valence-electron chi connectivity index (χ0n) is 22.1. The summed E-state index contributed by atoms with van der Waals surface area (Å²) in [4.78, 5) is 4.95. The molecule has 0 radical (unpaired) electrons. The Morgan fingerprint density at radius 1 is 0.944 bits per heavy atom. The van der Waals surface area contributed by atoms with Gasteiger partial charge >= 0.3 is 0 Å². The summed E-state index contributed by atoms with van der Waals surface area (Å²) in [6.45, 7) is 15.4. The monoisotopic (exact) mass is 475 g/mol. The van der Waals surface area contributed by atoms with Crippen LogP contribution in [0.5, 0.6) is 0 Å². The van der Waals surface area contributed by atoms with Gasteiger partial charge in [-0.05, 0) is 54.7 Å². The third-order valence-corrected chi connectivity index (χ3v) is 7.04. The normalized spacial score (nSPS) is 11.9. The van der Waals surface area contributed by atoms with E-state index in [0.29, 0.717) is 5.71 Å². The quantitative estimate of drug-likeness (QED) is 0.230. The maximum absolute atomic E-state index is 6.52. The van der Waals surface area contributed by atoms with Crippen LogP contribution in [0, 0.1) is 6.92 Å². The van der Waals surface area contributed by atoms with Gasteiger partial charge in [-0.2, -0.15) is 4.57 Å². The van der Waals surface area contributed by atoms with E-state index in [9.17, 15) is 0 Å². The van der Waals surface area contributed by atoms with E-state index in [1.54, 1.807) is 0 Å². The lowest BCUT2D eigenvalue weighted by molar-refractivity contribution is -0.571. The lowest BCUT2D eigenvalue weighted by Crippen LogP contribution is -2.34. The Bertz CT molecular complexity index is 1570. The lowest BCUT2D eigenvalue weighted by Gasteiger charge is -2.19. The van der Waals surface area contributed by atoms with E-state index in [4.69, 9.17) is 9.40 Å². The van der Waals surface area contributed by atoms with Crippen molar-refractivity contribution in [1.82, 2.24) is 4.98 Å². The Labute approximate surface area is 214 Å². The summed E-state index contributed by atoms with van der Waals surface area (Å²) in [5, 5.41) is 2.12. The molecule has 0 saturated carbocycles. The Kier molecular flexibility index (Phi) is 6.26. The summed E-state index contributed by atoms with van der Waals surface area (Å²) in [5.41, 5.74) is 9.45. The van der Waals surface area contributed by atoms with E-state index in [1.165, 1.54) is 11.1 Å². The Morgan fingerprint density at radius 2 is 1.69 bits per heavy atom. The van der Waals surface area contributed by atoms with Gasteiger partial charge < -0.3 is 4.42 Å². The number of unbranched alkanes of at least 4 members (excludes halogenated alkanes) is 1. The van der Waals surface area contributed by atoms with Crippen LogP contribution in [0.3, 0.4) is 0 Å². The summed E-state index contributed by atoms with van der Waals surface area (Å²) < 4.78 is 8.73. The first-order valence-corrected chi connectivity index (χ1v) is 12.9. The van der Waals surface area contributed by atoms with Crippen molar-refractivity contribution in [3.8, 4) is 22.5 Å². The van der Waals surface area contributed by atoms with Crippen LogP contribution in [0.15, 0.2) is 83.9 Å². The van der Waals surface area contributed by atoms with Crippen molar-refractivity contribution in [2.75, 3.05) is 0 Å². The van der Waals surface area contributed by atoms with Crippen molar-refractivity contribution in [3.63, 3.8) is 0 Å². The molecule has 0 aliphatic rings. The summed E-state index contributed by atoms with van der Waals surface area (Å²) in [7, 11) is 0. The van der Waals surface area contributed by atoms with E-state index in [1.807, 2.05) is 0 Å². The van der Waals surface area contributed by atoms with Gasteiger partial charge in [-0.3, -0.25) is 0 Å². The highest BCUT2D eigenvalue weighted by molar-refractivity contribution is 6.09. The predicted molar refractivity (Wildman–Crippen MR) is 151 cm³/mol. The number of furan rings is 1. The highest BCUT2D eigenvalue weighted by atomic mass is 16.3. The molecule has 5 aromatic rings. The van der Waals surface area contributed by atoms with Gasteiger partial charge in [-0.25, -0.2) is 4.98 Å². The van der Waals surface area contributed by atoms with Gasteiger partial charge in [0, 0.05) is 34.9 Å². The first kappa shape index (κ1) is 24.0. The van der Waals surface area contributed by atoms with Crippen LogP contribution >= 0.6 is 0 Å². The minimum Gasteiger partial charge on any atom is -0.437 e. The molecule has 3 aromatic heterocycles. The number of hydrogen-bond acceptors (Lipinski definition) is 2. The molecule has 3 heterocycles. The van der Waals surface area contributed by atoms with Gasteiger partial charge in [0.15, 0.2) is 17.5 Å². The molecule has 182 valence electrons. The van der Waals surface area contributed by atoms with Crippen LogP contribution < -0.4 is 4.57 Å². The molecule has 0 aliphatic carbocycles. The molecular weight excluding hydrogens is 440 g/mol. The van der Waals surface area contributed by atoms with Crippen molar-refractivity contribution < 1.29 is 8.98 Å². The number of fused-ring (bicyclic) bond motifs is 3. The van der Waals surface area contributed by atoms with Gasteiger partial charge in [0.05, 0.1) is 11.3 Å². The van der Waals surface area contributed by atoms with Crippen LogP contribution in [-0.2, 0) is 5.41 Å². The van der Waals surface area contributed by atoms with Crippen molar-refractivity contribution in [3.05, 3.63) is 90.6 Å². The molecule has 3 nitrogen and oxygen atoms in total. The number of benzene rings is 2. The van der Waals surface area contributed by atoms with Crippen molar-refractivity contribution >= 4 is 27.8 Å². The highest BCUT2D eigenvalue weighted by Gasteiger charge is 2.23. The average molecular weight is 476 g/mol. The zero-order valence-corrected chi connectivity index (χ0v) is 22.1. The molecule has 0 amide bonds. The largest absolute Gasteiger partial charge is 0.437 e. The second-order valence-corrected chi connectivity index (χ2v) is 10.7. The van der Waals surface area contributed by atoms with Crippen molar-refractivity contribution in [2.24, 2.45) is 0 Å². The number of hydrogen-bond donors (Lipinski definition) is 0. The smallest absolute Gasteiger partial charge is 0.227 e. The van der Waals surface area contributed by atoms with E-state index in [0.717, 1.165) is 63.8 Å². The summed E-state index contributed by atoms with van der Waals surface area (Å²) in [6.07, 6.45) is 5.34. The molecular formula is C33H35N2O+. The first-order chi connectivity index (χ1) is 17.3. The number of rotatable bonds is 6. The second kappa shape index (κ2) is 9.39. The van der Waals surface area contributed by atoms with Crippen LogP contribution in [-0.4, -0.2) is 4.98 Å². The molecule has 0 spiro atoms. The third kappa shape index (κ3) is 4.35. The second-order valence-electron chi connectivity index (χ2n) is 10.7. The molecule has 0 aliphatic heterocycles. The molecule has 0 N–H and O–H groups in total. The summed E-state index contributed by atoms with van der Waals surface area (Å²) in [6, 6.07) is 23.6. The van der Waals surface area contributed by atoms with E-state index in [-0.39, 0.29) is 5.41 Å². The molecule has 36 heavy (non-hydrogen) atoms. The maximum Gasteiger partial charge on any atom is 0.227 e. The molecule has 0 saturated heterocycles. The van der Waals surface area contributed by atoms with Crippen LogP contribution in [0.1, 0.15) is 58.1 Å². The predicted octanol–water partition coefficient (Wildman–Crippen LogP) is 8.87. The standard InChI is InChI=1S/C33H35N2O/c1-7-8-11-23(3)35-21-10-9-12-29(35)30-22(2)13-18-26-27-19-20-28(34-32(27)36-31(26)30)24-14-16-25(17-15-24)33(4,5)6/h9-10,12-21H,3,7-8,11H2,1-2,4-6H3/q+1. The van der Waals surface area contributed by atoms with Crippen LogP contribution in [0.25, 0.3) is 50.3 Å². The molecule has 5 rings (SSSR count). The fraction of sp³-hybridized carbons (Fsp3) is 0.273. The SMILES string of the molecule is C=C(CCCC)[n+]1ccccc1-c1c(C)ccc2c1oc1nc(-c3ccc(C(C)(C)C)cc3)ccc12. The molecule has 0 bridgehead atoms. The van der Waals surface area contributed by atoms with Crippen LogP contribution in [0.2, 0.25) is 0 Å². The van der Waals surface area contributed by atoms with E-state index in [2.05, 4.69) is 119 Å². The number of allylic oxidation sites excluding steroid dienone is 1. The Morgan fingerprint density at radius 3 is 2.42 bits per heavy atom. The zero-order chi connectivity index (χ0) is 25.4. The summed E-state index contributed by atoms with van der Waals surface area (Å²) in [5.74, 6) is 0. The highest BCUT2D eigenvalue weighted by Crippen LogP contribution is 2.37. The summed E-state index contributed by atoms with van der Waals surface area (Å²) >= 11 is 0.